The summed E-state index contributed by atoms with van der Waals surface area (Å²) in [6.07, 6.45) is 1.64. The van der Waals surface area contributed by atoms with Crippen LogP contribution in [0.5, 0.6) is 0 Å². The summed E-state index contributed by atoms with van der Waals surface area (Å²) in [4.78, 5) is 22.3. The molecule has 1 atom stereocenters. The third kappa shape index (κ3) is 8.68. The van der Waals surface area contributed by atoms with Crippen molar-refractivity contribution in [3.05, 3.63) is 0 Å². The minimum Gasteiger partial charge on any atom is -0.460 e. The number of ether oxygens (including phenoxy) is 1. The maximum atomic E-state index is 11.4. The van der Waals surface area contributed by atoms with Crippen molar-refractivity contribution in [2.75, 3.05) is 6.54 Å². The highest BCUT2D eigenvalue weighted by molar-refractivity contribution is 5.79. The molecule has 5 heteroatoms. The lowest BCUT2D eigenvalue weighted by atomic mass is 10.2. The molecule has 0 rings (SSSR count). The van der Waals surface area contributed by atoms with Gasteiger partial charge in [0.2, 0.25) is 5.91 Å². The predicted octanol–water partition coefficient (Wildman–Crippen LogP) is 0.962. The van der Waals surface area contributed by atoms with E-state index < -0.39 is 5.60 Å². The minimum absolute atomic E-state index is 0.216. The summed E-state index contributed by atoms with van der Waals surface area (Å²) in [5, 5.41) is 3.00. The highest BCUT2D eigenvalue weighted by Gasteiger charge is 2.16. The second-order valence-corrected chi connectivity index (χ2v) is 5.01. The van der Waals surface area contributed by atoms with E-state index in [2.05, 4.69) is 5.32 Å². The fourth-order valence-corrected chi connectivity index (χ4v) is 1.35. The second kappa shape index (κ2) is 7.27. The Kier molecular flexibility index (Phi) is 6.80. The van der Waals surface area contributed by atoms with Crippen molar-refractivity contribution in [3.8, 4) is 0 Å². The van der Waals surface area contributed by atoms with Gasteiger partial charge < -0.3 is 15.8 Å². The molecule has 0 aliphatic rings. The van der Waals surface area contributed by atoms with E-state index in [9.17, 15) is 9.59 Å². The summed E-state index contributed by atoms with van der Waals surface area (Å²) >= 11 is 0. The smallest absolute Gasteiger partial charge is 0.306 e. The van der Waals surface area contributed by atoms with Crippen LogP contribution in [0.15, 0.2) is 0 Å². The zero-order valence-electron chi connectivity index (χ0n) is 11.2. The maximum Gasteiger partial charge on any atom is 0.306 e. The molecule has 0 heterocycles. The van der Waals surface area contributed by atoms with Crippen molar-refractivity contribution < 1.29 is 14.3 Å². The number of hydrogen-bond acceptors (Lipinski definition) is 4. The molecular formula is C12H24N2O3. The first-order chi connectivity index (χ1) is 7.76. The first kappa shape index (κ1) is 15.9. The average Bonchev–Trinajstić information content (AvgIpc) is 2.14. The normalized spacial score (nSPS) is 13.2. The van der Waals surface area contributed by atoms with Crippen LogP contribution in [0.3, 0.4) is 0 Å². The zero-order valence-corrected chi connectivity index (χ0v) is 11.2. The molecule has 5 nitrogen and oxygen atoms in total. The Morgan fingerprint density at radius 2 is 1.94 bits per heavy atom. The predicted molar refractivity (Wildman–Crippen MR) is 66.4 cm³/mol. The molecule has 0 saturated heterocycles. The Morgan fingerprint density at radius 3 is 2.35 bits per heavy atom. The summed E-state index contributed by atoms with van der Waals surface area (Å²) in [5.41, 5.74) is 4.74. The van der Waals surface area contributed by atoms with Crippen LogP contribution < -0.4 is 11.1 Å². The summed E-state index contributed by atoms with van der Waals surface area (Å²) in [6, 6.07) is -0.311. The SMILES string of the molecule is CC[C@H](NCCCC(=O)OC(C)(C)C)C(N)=O. The molecule has 0 aliphatic carbocycles. The van der Waals surface area contributed by atoms with E-state index in [1.165, 1.54) is 0 Å². The van der Waals surface area contributed by atoms with Gasteiger partial charge in [-0.3, -0.25) is 9.59 Å². The van der Waals surface area contributed by atoms with E-state index in [0.29, 0.717) is 25.8 Å². The number of carbonyl (C=O) groups excluding carboxylic acids is 2. The Morgan fingerprint density at radius 1 is 1.35 bits per heavy atom. The number of hydrogen-bond donors (Lipinski definition) is 2. The van der Waals surface area contributed by atoms with Crippen molar-refractivity contribution >= 4 is 11.9 Å². The lowest BCUT2D eigenvalue weighted by molar-refractivity contribution is -0.154. The molecule has 0 fully saturated rings. The Labute approximate surface area is 103 Å². The third-order valence-electron chi connectivity index (χ3n) is 2.12. The maximum absolute atomic E-state index is 11.4. The molecule has 0 aromatic carbocycles. The van der Waals surface area contributed by atoms with E-state index in [1.807, 2.05) is 27.7 Å². The Bertz CT molecular complexity index is 259. The van der Waals surface area contributed by atoms with E-state index in [-0.39, 0.29) is 17.9 Å². The Hall–Kier alpha value is -1.10. The minimum atomic E-state index is -0.441. The molecule has 0 aliphatic heterocycles. The number of nitrogens with one attached hydrogen (secondary N) is 1. The van der Waals surface area contributed by atoms with Gasteiger partial charge in [0.15, 0.2) is 0 Å². The molecule has 0 spiro atoms. The van der Waals surface area contributed by atoms with Gasteiger partial charge in [-0.25, -0.2) is 0 Å². The van der Waals surface area contributed by atoms with E-state index in [4.69, 9.17) is 10.5 Å². The molecule has 3 N–H and O–H groups in total. The van der Waals surface area contributed by atoms with Crippen LogP contribution in [0.25, 0.3) is 0 Å². The van der Waals surface area contributed by atoms with Gasteiger partial charge in [0.05, 0.1) is 6.04 Å². The summed E-state index contributed by atoms with van der Waals surface area (Å²) in [7, 11) is 0. The van der Waals surface area contributed by atoms with E-state index >= 15 is 0 Å². The van der Waals surface area contributed by atoms with Crippen molar-refractivity contribution in [1.82, 2.24) is 5.32 Å². The topological polar surface area (TPSA) is 81.4 Å². The molecule has 0 unspecified atom stereocenters. The fourth-order valence-electron chi connectivity index (χ4n) is 1.35. The molecule has 0 saturated carbocycles. The highest BCUT2D eigenvalue weighted by atomic mass is 16.6. The molecule has 17 heavy (non-hydrogen) atoms. The van der Waals surface area contributed by atoms with Gasteiger partial charge in [-0.05, 0) is 40.2 Å². The van der Waals surface area contributed by atoms with E-state index in [0.717, 1.165) is 0 Å². The third-order valence-corrected chi connectivity index (χ3v) is 2.12. The van der Waals surface area contributed by atoms with Crippen molar-refractivity contribution in [3.63, 3.8) is 0 Å². The van der Waals surface area contributed by atoms with Crippen LogP contribution in [0.4, 0.5) is 0 Å². The second-order valence-electron chi connectivity index (χ2n) is 5.01. The standard InChI is InChI=1S/C12H24N2O3/c1-5-9(11(13)16)14-8-6-7-10(15)17-12(2,3)4/h9,14H,5-8H2,1-4H3,(H2,13,16)/t9-/m0/s1. The first-order valence-electron chi connectivity index (χ1n) is 6.00. The summed E-state index contributed by atoms with van der Waals surface area (Å²) in [6.45, 7) is 7.98. The molecule has 0 aromatic heterocycles. The summed E-state index contributed by atoms with van der Waals surface area (Å²) < 4.78 is 5.16. The van der Waals surface area contributed by atoms with Gasteiger partial charge in [-0.2, -0.15) is 0 Å². The lowest BCUT2D eigenvalue weighted by Crippen LogP contribution is -2.41. The fraction of sp³-hybridized carbons (Fsp3) is 0.833. The van der Waals surface area contributed by atoms with Gasteiger partial charge in [-0.15, -0.1) is 0 Å². The molecular weight excluding hydrogens is 220 g/mol. The number of carbonyl (C=O) groups is 2. The molecule has 0 aromatic rings. The monoisotopic (exact) mass is 244 g/mol. The largest absolute Gasteiger partial charge is 0.460 e. The van der Waals surface area contributed by atoms with Gasteiger partial charge in [0, 0.05) is 6.42 Å². The van der Waals surface area contributed by atoms with Crippen LogP contribution in [-0.4, -0.2) is 30.1 Å². The number of nitrogens with two attached hydrogens (primary N) is 1. The molecule has 0 radical (unpaired) electrons. The van der Waals surface area contributed by atoms with Crippen LogP contribution in [-0.2, 0) is 14.3 Å². The highest BCUT2D eigenvalue weighted by Crippen LogP contribution is 2.08. The van der Waals surface area contributed by atoms with Gasteiger partial charge in [0.1, 0.15) is 5.60 Å². The lowest BCUT2D eigenvalue weighted by Gasteiger charge is -2.19. The van der Waals surface area contributed by atoms with E-state index in [1.54, 1.807) is 0 Å². The zero-order chi connectivity index (χ0) is 13.5. The molecule has 1 amide bonds. The van der Waals surface area contributed by atoms with Gasteiger partial charge in [0.25, 0.3) is 0 Å². The molecule has 100 valence electrons. The summed E-state index contributed by atoms with van der Waals surface area (Å²) in [5.74, 6) is -0.573. The number of primary amides is 1. The van der Waals surface area contributed by atoms with Crippen LogP contribution >= 0.6 is 0 Å². The quantitative estimate of drug-likeness (QED) is 0.516. The number of rotatable bonds is 7. The van der Waals surface area contributed by atoms with Gasteiger partial charge in [-0.1, -0.05) is 6.92 Å². The number of esters is 1. The number of amides is 1. The van der Waals surface area contributed by atoms with Crippen molar-refractivity contribution in [2.24, 2.45) is 5.73 Å². The van der Waals surface area contributed by atoms with Crippen LogP contribution in [0.2, 0.25) is 0 Å². The van der Waals surface area contributed by atoms with Crippen LogP contribution in [0, 0.1) is 0 Å². The first-order valence-corrected chi connectivity index (χ1v) is 6.00. The molecule has 0 bridgehead atoms. The van der Waals surface area contributed by atoms with Gasteiger partial charge >= 0.3 is 5.97 Å². The Balaban J connectivity index is 3.71. The average molecular weight is 244 g/mol. The van der Waals surface area contributed by atoms with Crippen molar-refractivity contribution in [1.29, 1.82) is 0 Å². The van der Waals surface area contributed by atoms with Crippen molar-refractivity contribution in [2.45, 2.75) is 58.6 Å². The van der Waals surface area contributed by atoms with Crippen LogP contribution in [0.1, 0.15) is 47.0 Å².